The first-order valence-corrected chi connectivity index (χ1v) is 6.57. The molecular formula is C15H25NO. The van der Waals surface area contributed by atoms with E-state index in [1.807, 2.05) is 6.92 Å². The summed E-state index contributed by atoms with van der Waals surface area (Å²) in [5, 5.41) is 3.51. The van der Waals surface area contributed by atoms with Crippen LogP contribution in [0.4, 0.5) is 0 Å². The van der Waals surface area contributed by atoms with Crippen molar-refractivity contribution < 1.29 is 4.74 Å². The number of nitrogens with one attached hydrogen (secondary N) is 1. The number of rotatable bonds is 8. The van der Waals surface area contributed by atoms with Gasteiger partial charge in [0.1, 0.15) is 0 Å². The van der Waals surface area contributed by atoms with Crippen LogP contribution < -0.4 is 5.32 Å². The van der Waals surface area contributed by atoms with Crippen molar-refractivity contribution in [2.24, 2.45) is 5.92 Å². The Morgan fingerprint density at radius 2 is 1.82 bits per heavy atom. The molecule has 0 aliphatic carbocycles. The predicted molar refractivity (Wildman–Crippen MR) is 73.4 cm³/mol. The van der Waals surface area contributed by atoms with Crippen molar-refractivity contribution in [3.63, 3.8) is 0 Å². The van der Waals surface area contributed by atoms with Crippen LogP contribution in [0, 0.1) is 5.92 Å². The molecule has 0 bridgehead atoms. The molecular weight excluding hydrogens is 210 g/mol. The molecule has 0 saturated heterocycles. The molecule has 2 heteroatoms. The molecule has 2 nitrogen and oxygen atoms in total. The molecule has 0 radical (unpaired) electrons. The zero-order chi connectivity index (χ0) is 12.5. The molecule has 1 aromatic carbocycles. The molecule has 1 N–H and O–H groups in total. The lowest BCUT2D eigenvalue weighted by Gasteiger charge is -2.18. The summed E-state index contributed by atoms with van der Waals surface area (Å²) in [6.45, 7) is 10.1. The normalized spacial score (nSPS) is 12.9. The van der Waals surface area contributed by atoms with E-state index >= 15 is 0 Å². The quantitative estimate of drug-likeness (QED) is 0.747. The molecule has 0 heterocycles. The van der Waals surface area contributed by atoms with Gasteiger partial charge in [-0.1, -0.05) is 44.2 Å². The first kappa shape index (κ1) is 14.2. The van der Waals surface area contributed by atoms with Crippen molar-refractivity contribution in [3.05, 3.63) is 35.9 Å². The van der Waals surface area contributed by atoms with Crippen LogP contribution in [-0.2, 0) is 4.74 Å². The summed E-state index contributed by atoms with van der Waals surface area (Å²) in [5.74, 6) is 1.15. The molecule has 0 saturated carbocycles. The van der Waals surface area contributed by atoms with Gasteiger partial charge in [-0.3, -0.25) is 0 Å². The highest BCUT2D eigenvalue weighted by Gasteiger charge is 2.11. The Morgan fingerprint density at radius 1 is 1.12 bits per heavy atom. The maximum Gasteiger partial charge on any atom is 0.0546 e. The van der Waals surface area contributed by atoms with Gasteiger partial charge in [0.2, 0.25) is 0 Å². The van der Waals surface area contributed by atoms with Gasteiger partial charge in [0.05, 0.1) is 6.61 Å². The Kier molecular flexibility index (Phi) is 6.90. The lowest BCUT2D eigenvalue weighted by molar-refractivity contribution is 0.131. The van der Waals surface area contributed by atoms with Crippen molar-refractivity contribution in [1.29, 1.82) is 0 Å². The Labute approximate surface area is 105 Å². The second-order valence-electron chi connectivity index (χ2n) is 4.82. The average molecular weight is 235 g/mol. The monoisotopic (exact) mass is 235 g/mol. The SMILES string of the molecule is CCOCC(CNCC(C)C)c1ccccc1. The number of benzene rings is 1. The maximum absolute atomic E-state index is 5.57. The number of ether oxygens (including phenoxy) is 1. The van der Waals surface area contributed by atoms with Crippen LogP contribution >= 0.6 is 0 Å². The van der Waals surface area contributed by atoms with E-state index in [0.29, 0.717) is 11.8 Å². The van der Waals surface area contributed by atoms with E-state index in [1.54, 1.807) is 0 Å². The highest BCUT2D eigenvalue weighted by molar-refractivity contribution is 5.19. The molecule has 17 heavy (non-hydrogen) atoms. The fourth-order valence-corrected chi connectivity index (χ4v) is 1.80. The van der Waals surface area contributed by atoms with Crippen molar-refractivity contribution in [1.82, 2.24) is 5.32 Å². The van der Waals surface area contributed by atoms with Crippen LogP contribution in [0.1, 0.15) is 32.3 Å². The molecule has 1 aromatic rings. The van der Waals surface area contributed by atoms with Gasteiger partial charge in [-0.15, -0.1) is 0 Å². The highest BCUT2D eigenvalue weighted by Crippen LogP contribution is 2.15. The Hall–Kier alpha value is -0.860. The molecule has 96 valence electrons. The number of hydrogen-bond donors (Lipinski definition) is 1. The molecule has 1 unspecified atom stereocenters. The van der Waals surface area contributed by atoms with Gasteiger partial charge in [-0.05, 0) is 24.9 Å². The summed E-state index contributed by atoms with van der Waals surface area (Å²) >= 11 is 0. The van der Waals surface area contributed by atoms with E-state index in [-0.39, 0.29) is 0 Å². The van der Waals surface area contributed by atoms with Crippen LogP contribution in [0.2, 0.25) is 0 Å². The lowest BCUT2D eigenvalue weighted by atomic mass is 10.00. The zero-order valence-electron chi connectivity index (χ0n) is 11.3. The predicted octanol–water partition coefficient (Wildman–Crippen LogP) is 3.05. The minimum absolute atomic E-state index is 0.454. The molecule has 0 fully saturated rings. The van der Waals surface area contributed by atoms with Gasteiger partial charge >= 0.3 is 0 Å². The lowest BCUT2D eigenvalue weighted by Crippen LogP contribution is -2.27. The van der Waals surface area contributed by atoms with Crippen molar-refractivity contribution >= 4 is 0 Å². The zero-order valence-corrected chi connectivity index (χ0v) is 11.3. The maximum atomic E-state index is 5.57. The summed E-state index contributed by atoms with van der Waals surface area (Å²) in [4.78, 5) is 0. The summed E-state index contributed by atoms with van der Waals surface area (Å²) in [5.41, 5.74) is 1.36. The third-order valence-corrected chi connectivity index (χ3v) is 2.74. The van der Waals surface area contributed by atoms with E-state index in [2.05, 4.69) is 49.5 Å². The first-order valence-electron chi connectivity index (χ1n) is 6.57. The molecule has 0 amide bonds. The van der Waals surface area contributed by atoms with E-state index in [1.165, 1.54) is 5.56 Å². The van der Waals surface area contributed by atoms with E-state index in [0.717, 1.165) is 26.3 Å². The fourth-order valence-electron chi connectivity index (χ4n) is 1.80. The van der Waals surface area contributed by atoms with Gasteiger partial charge in [-0.2, -0.15) is 0 Å². The van der Waals surface area contributed by atoms with Crippen LogP contribution in [0.5, 0.6) is 0 Å². The minimum Gasteiger partial charge on any atom is -0.381 e. The van der Waals surface area contributed by atoms with Gasteiger partial charge in [0.15, 0.2) is 0 Å². The molecule has 1 atom stereocenters. The molecule has 0 aromatic heterocycles. The summed E-state index contributed by atoms with van der Waals surface area (Å²) in [6.07, 6.45) is 0. The largest absolute Gasteiger partial charge is 0.381 e. The van der Waals surface area contributed by atoms with Crippen molar-refractivity contribution in [2.75, 3.05) is 26.3 Å². The van der Waals surface area contributed by atoms with Gasteiger partial charge < -0.3 is 10.1 Å². The van der Waals surface area contributed by atoms with Crippen molar-refractivity contribution in [3.8, 4) is 0 Å². The fraction of sp³-hybridized carbons (Fsp3) is 0.600. The smallest absolute Gasteiger partial charge is 0.0546 e. The standard InChI is InChI=1S/C15H25NO/c1-4-17-12-15(11-16-10-13(2)3)14-8-6-5-7-9-14/h5-9,13,15-16H,4,10-12H2,1-3H3. The molecule has 0 spiro atoms. The molecule has 0 aliphatic heterocycles. The molecule has 0 aliphatic rings. The van der Waals surface area contributed by atoms with E-state index in [9.17, 15) is 0 Å². The first-order chi connectivity index (χ1) is 8.24. The Bertz CT molecular complexity index is 284. The van der Waals surface area contributed by atoms with Crippen LogP contribution in [0.25, 0.3) is 0 Å². The van der Waals surface area contributed by atoms with Crippen LogP contribution in [0.3, 0.4) is 0 Å². The third kappa shape index (κ3) is 5.85. The summed E-state index contributed by atoms with van der Waals surface area (Å²) in [6, 6.07) is 10.6. The highest BCUT2D eigenvalue weighted by atomic mass is 16.5. The van der Waals surface area contributed by atoms with Gasteiger partial charge in [-0.25, -0.2) is 0 Å². The van der Waals surface area contributed by atoms with Gasteiger partial charge in [0, 0.05) is 19.1 Å². The Balaban J connectivity index is 2.48. The van der Waals surface area contributed by atoms with Gasteiger partial charge in [0.25, 0.3) is 0 Å². The third-order valence-electron chi connectivity index (χ3n) is 2.74. The second-order valence-corrected chi connectivity index (χ2v) is 4.82. The van der Waals surface area contributed by atoms with E-state index in [4.69, 9.17) is 4.74 Å². The van der Waals surface area contributed by atoms with E-state index < -0.39 is 0 Å². The number of hydrogen-bond acceptors (Lipinski definition) is 2. The Morgan fingerprint density at radius 3 is 2.41 bits per heavy atom. The second kappa shape index (κ2) is 8.26. The van der Waals surface area contributed by atoms with Crippen LogP contribution in [-0.4, -0.2) is 26.3 Å². The minimum atomic E-state index is 0.454. The van der Waals surface area contributed by atoms with Crippen LogP contribution in [0.15, 0.2) is 30.3 Å². The molecule has 1 rings (SSSR count). The summed E-state index contributed by atoms with van der Waals surface area (Å²) in [7, 11) is 0. The van der Waals surface area contributed by atoms with Crippen molar-refractivity contribution in [2.45, 2.75) is 26.7 Å². The summed E-state index contributed by atoms with van der Waals surface area (Å²) < 4.78 is 5.57. The topological polar surface area (TPSA) is 21.3 Å². The average Bonchev–Trinajstić information content (AvgIpc) is 2.34.